The normalized spacial score (nSPS) is 10.8. The zero-order valence-corrected chi connectivity index (χ0v) is 14.6. The molecule has 0 amide bonds. The predicted octanol–water partition coefficient (Wildman–Crippen LogP) is 3.58. The largest absolute Gasteiger partial charge is 0.484 e. The Balaban J connectivity index is 1.39. The molecule has 0 bridgehead atoms. The molecule has 2 aromatic carbocycles. The van der Waals surface area contributed by atoms with Crippen molar-refractivity contribution in [3.63, 3.8) is 0 Å². The van der Waals surface area contributed by atoms with Crippen molar-refractivity contribution < 1.29 is 18.6 Å². The summed E-state index contributed by atoms with van der Waals surface area (Å²) < 4.78 is 16.1. The van der Waals surface area contributed by atoms with E-state index in [1.54, 1.807) is 31.2 Å². The zero-order chi connectivity index (χ0) is 19.5. The minimum atomic E-state index is -0.470. The molecule has 10 nitrogen and oxygen atoms in total. The maximum atomic E-state index is 10.7. The molecule has 28 heavy (non-hydrogen) atoms. The highest BCUT2D eigenvalue weighted by Gasteiger charge is 2.12. The zero-order valence-electron chi connectivity index (χ0n) is 14.6. The maximum absolute atomic E-state index is 10.7. The van der Waals surface area contributed by atoms with Gasteiger partial charge in [-0.3, -0.25) is 10.1 Å². The second kappa shape index (κ2) is 7.27. The molecule has 0 saturated heterocycles. The molecular formula is C18H13N5O5. The first-order chi connectivity index (χ1) is 13.6. The van der Waals surface area contributed by atoms with Crippen molar-refractivity contribution in [1.29, 1.82) is 0 Å². The average molecular weight is 379 g/mol. The van der Waals surface area contributed by atoms with Crippen molar-refractivity contribution in [1.82, 2.24) is 20.3 Å². The number of rotatable bonds is 6. The van der Waals surface area contributed by atoms with Crippen LogP contribution < -0.4 is 4.74 Å². The molecule has 0 saturated carbocycles. The topological polar surface area (TPSA) is 130 Å². The highest BCUT2D eigenvalue weighted by molar-refractivity contribution is 5.56. The molecule has 0 fully saturated rings. The van der Waals surface area contributed by atoms with Gasteiger partial charge in [0.1, 0.15) is 5.75 Å². The SMILES string of the molecule is Cc1nc(-c2ccc(OCc3nnc(-c4ccc([N+](=O)[O-])cc4)o3)cc2)no1. The predicted molar refractivity (Wildman–Crippen MR) is 95.2 cm³/mol. The summed E-state index contributed by atoms with van der Waals surface area (Å²) in [5.74, 6) is 2.16. The van der Waals surface area contributed by atoms with Gasteiger partial charge in [-0.05, 0) is 36.4 Å². The van der Waals surface area contributed by atoms with Gasteiger partial charge in [0.15, 0.2) is 6.61 Å². The number of aromatic nitrogens is 4. The van der Waals surface area contributed by atoms with E-state index in [1.807, 2.05) is 12.1 Å². The molecule has 2 aromatic heterocycles. The van der Waals surface area contributed by atoms with Gasteiger partial charge in [0.25, 0.3) is 11.6 Å². The highest BCUT2D eigenvalue weighted by Crippen LogP contribution is 2.23. The molecule has 0 spiro atoms. The number of hydrogen-bond donors (Lipinski definition) is 0. The third kappa shape index (κ3) is 3.70. The standard InChI is InChI=1S/C18H13N5O5/c1-11-19-17(22-28-11)12-4-8-15(9-5-12)26-10-16-20-21-18(27-16)13-2-6-14(7-3-13)23(24)25/h2-9H,10H2,1H3. The summed E-state index contributed by atoms with van der Waals surface area (Å²) in [5, 5.41) is 22.4. The lowest BCUT2D eigenvalue weighted by molar-refractivity contribution is -0.384. The summed E-state index contributed by atoms with van der Waals surface area (Å²) in [6, 6.07) is 13.0. The first-order valence-electron chi connectivity index (χ1n) is 8.19. The third-order valence-corrected chi connectivity index (χ3v) is 3.79. The molecule has 0 aliphatic rings. The molecule has 0 N–H and O–H groups in total. The molecule has 0 aliphatic carbocycles. The first-order valence-corrected chi connectivity index (χ1v) is 8.19. The van der Waals surface area contributed by atoms with Gasteiger partial charge in [-0.15, -0.1) is 10.2 Å². The van der Waals surface area contributed by atoms with E-state index in [1.165, 1.54) is 12.1 Å². The lowest BCUT2D eigenvalue weighted by Crippen LogP contribution is -1.95. The van der Waals surface area contributed by atoms with Crippen LogP contribution in [0.1, 0.15) is 11.8 Å². The van der Waals surface area contributed by atoms with Crippen LogP contribution in [0.2, 0.25) is 0 Å². The number of nitro benzene ring substituents is 1. The van der Waals surface area contributed by atoms with Crippen molar-refractivity contribution in [3.8, 4) is 28.6 Å². The van der Waals surface area contributed by atoms with E-state index in [4.69, 9.17) is 13.7 Å². The number of ether oxygens (including phenoxy) is 1. The molecule has 0 radical (unpaired) electrons. The average Bonchev–Trinajstić information content (AvgIpc) is 3.36. The van der Waals surface area contributed by atoms with Crippen LogP contribution in [0.3, 0.4) is 0 Å². The lowest BCUT2D eigenvalue weighted by atomic mass is 10.2. The second-order valence-electron chi connectivity index (χ2n) is 5.75. The molecule has 0 unspecified atom stereocenters. The fourth-order valence-electron chi connectivity index (χ4n) is 2.42. The molecule has 140 valence electrons. The Hall–Kier alpha value is -4.08. The number of nitrogens with zero attached hydrogens (tertiary/aromatic N) is 5. The van der Waals surface area contributed by atoms with Gasteiger partial charge in [0.2, 0.25) is 17.6 Å². The van der Waals surface area contributed by atoms with E-state index in [0.29, 0.717) is 23.0 Å². The molecule has 4 rings (SSSR count). The number of nitro groups is 1. The molecule has 2 heterocycles. The quantitative estimate of drug-likeness (QED) is 0.364. The molecule has 4 aromatic rings. The monoisotopic (exact) mass is 379 g/mol. The second-order valence-corrected chi connectivity index (χ2v) is 5.75. The van der Waals surface area contributed by atoms with Gasteiger partial charge in [-0.2, -0.15) is 4.98 Å². The summed E-state index contributed by atoms with van der Waals surface area (Å²) in [4.78, 5) is 14.4. The van der Waals surface area contributed by atoms with Crippen LogP contribution in [0.15, 0.2) is 57.5 Å². The number of non-ortho nitro benzene ring substituents is 1. The Labute approximate surface area is 157 Å². The molecule has 0 aliphatic heterocycles. The molecule has 0 atom stereocenters. The van der Waals surface area contributed by atoms with Gasteiger partial charge in [-0.25, -0.2) is 0 Å². The molecular weight excluding hydrogens is 366 g/mol. The van der Waals surface area contributed by atoms with Crippen LogP contribution in [0, 0.1) is 17.0 Å². The Morgan fingerprint density at radius 1 is 1.04 bits per heavy atom. The number of benzene rings is 2. The van der Waals surface area contributed by atoms with E-state index in [2.05, 4.69) is 20.3 Å². The van der Waals surface area contributed by atoms with Crippen molar-refractivity contribution in [3.05, 3.63) is 70.4 Å². The summed E-state index contributed by atoms with van der Waals surface area (Å²) in [7, 11) is 0. The summed E-state index contributed by atoms with van der Waals surface area (Å²) in [6.45, 7) is 1.81. The van der Waals surface area contributed by atoms with Crippen molar-refractivity contribution in [2.75, 3.05) is 0 Å². The van der Waals surface area contributed by atoms with E-state index in [0.717, 1.165) is 5.56 Å². The maximum Gasteiger partial charge on any atom is 0.269 e. The summed E-state index contributed by atoms with van der Waals surface area (Å²) >= 11 is 0. The van der Waals surface area contributed by atoms with Crippen LogP contribution >= 0.6 is 0 Å². The van der Waals surface area contributed by atoms with Crippen LogP contribution in [-0.2, 0) is 6.61 Å². The minimum Gasteiger partial charge on any atom is -0.484 e. The van der Waals surface area contributed by atoms with Gasteiger partial charge in [0.05, 0.1) is 4.92 Å². The van der Waals surface area contributed by atoms with Gasteiger partial charge in [0, 0.05) is 30.2 Å². The fraction of sp³-hybridized carbons (Fsp3) is 0.111. The van der Waals surface area contributed by atoms with E-state index >= 15 is 0 Å². The number of hydrogen-bond acceptors (Lipinski definition) is 9. The van der Waals surface area contributed by atoms with E-state index in [-0.39, 0.29) is 24.1 Å². The Morgan fingerprint density at radius 3 is 2.39 bits per heavy atom. The molecule has 10 heteroatoms. The lowest BCUT2D eigenvalue weighted by Gasteiger charge is -2.03. The highest BCUT2D eigenvalue weighted by atomic mass is 16.6. The minimum absolute atomic E-state index is 0.00810. The summed E-state index contributed by atoms with van der Waals surface area (Å²) in [6.07, 6.45) is 0. The third-order valence-electron chi connectivity index (χ3n) is 3.79. The van der Waals surface area contributed by atoms with Gasteiger partial charge >= 0.3 is 0 Å². The van der Waals surface area contributed by atoms with Crippen molar-refractivity contribution in [2.45, 2.75) is 13.5 Å². The van der Waals surface area contributed by atoms with Gasteiger partial charge < -0.3 is 13.7 Å². The van der Waals surface area contributed by atoms with Crippen molar-refractivity contribution >= 4 is 5.69 Å². The Morgan fingerprint density at radius 2 is 1.75 bits per heavy atom. The fourth-order valence-corrected chi connectivity index (χ4v) is 2.42. The van der Waals surface area contributed by atoms with Crippen molar-refractivity contribution in [2.24, 2.45) is 0 Å². The van der Waals surface area contributed by atoms with E-state index < -0.39 is 4.92 Å². The summed E-state index contributed by atoms with van der Waals surface area (Å²) in [5.41, 5.74) is 1.39. The van der Waals surface area contributed by atoms with Crippen LogP contribution in [-0.4, -0.2) is 25.3 Å². The van der Waals surface area contributed by atoms with Crippen LogP contribution in [0.5, 0.6) is 5.75 Å². The first kappa shape index (κ1) is 17.3. The Kier molecular flexibility index (Phi) is 4.50. The van der Waals surface area contributed by atoms with Crippen LogP contribution in [0.4, 0.5) is 5.69 Å². The Bertz CT molecular complexity index is 1100. The smallest absolute Gasteiger partial charge is 0.269 e. The number of aryl methyl sites for hydroxylation is 1. The van der Waals surface area contributed by atoms with Gasteiger partial charge in [-0.1, -0.05) is 5.16 Å². The van der Waals surface area contributed by atoms with Crippen LogP contribution in [0.25, 0.3) is 22.8 Å². The van der Waals surface area contributed by atoms with E-state index in [9.17, 15) is 10.1 Å².